The largest absolute Gasteiger partial charge is 0.493 e. The first-order valence-electron chi connectivity index (χ1n) is 8.22. The number of methoxy groups -OCH3 is 1. The lowest BCUT2D eigenvalue weighted by molar-refractivity contribution is 0.104. The molecule has 0 fully saturated rings. The lowest BCUT2D eigenvalue weighted by Crippen LogP contribution is -2.06. The monoisotopic (exact) mass is 349 g/mol. The molecular weight excluding hydrogens is 330 g/mol. The molecule has 0 aliphatic rings. The number of hydrogen-bond donors (Lipinski definition) is 0. The fourth-order valence-corrected chi connectivity index (χ4v) is 2.49. The number of para-hydroxylation sites is 1. The quantitative estimate of drug-likeness (QED) is 0.482. The van der Waals surface area contributed by atoms with E-state index in [2.05, 4.69) is 10.3 Å². The molecule has 0 bridgehead atoms. The number of carbonyl (C=O) groups excluding carboxylic acids is 1. The number of ketones is 1. The smallest absolute Gasteiger partial charge is 0.205 e. The molecule has 0 N–H and O–H groups in total. The minimum absolute atomic E-state index is 0.187. The van der Waals surface area contributed by atoms with E-state index in [0.29, 0.717) is 23.8 Å². The third-order valence-electron chi connectivity index (χ3n) is 3.72. The summed E-state index contributed by atoms with van der Waals surface area (Å²) in [7, 11) is 1.59. The molecule has 0 aliphatic carbocycles. The number of nitrogens with zero attached hydrogens (tertiary/aromatic N) is 3. The zero-order valence-electron chi connectivity index (χ0n) is 14.6. The molecule has 132 valence electrons. The summed E-state index contributed by atoms with van der Waals surface area (Å²) in [6.45, 7) is 2.44. The second kappa shape index (κ2) is 8.11. The maximum Gasteiger partial charge on any atom is 0.205 e. The molecule has 3 aromatic rings. The molecule has 0 radical (unpaired) electrons. The van der Waals surface area contributed by atoms with Gasteiger partial charge in [0.15, 0.2) is 11.5 Å². The average Bonchev–Trinajstić information content (AvgIpc) is 3.17. The topological polar surface area (TPSA) is 66.2 Å². The number of rotatable bonds is 7. The third kappa shape index (κ3) is 3.80. The van der Waals surface area contributed by atoms with E-state index >= 15 is 0 Å². The Labute approximate surface area is 151 Å². The van der Waals surface area contributed by atoms with E-state index in [1.165, 1.54) is 17.0 Å². The summed E-state index contributed by atoms with van der Waals surface area (Å²) < 4.78 is 12.3. The Kier molecular flexibility index (Phi) is 5.43. The Hall–Kier alpha value is -3.41. The molecule has 0 unspecified atom stereocenters. The van der Waals surface area contributed by atoms with E-state index in [4.69, 9.17) is 9.47 Å². The van der Waals surface area contributed by atoms with E-state index in [1.807, 2.05) is 55.5 Å². The van der Waals surface area contributed by atoms with Crippen molar-refractivity contribution in [3.8, 4) is 17.2 Å². The highest BCUT2D eigenvalue weighted by Crippen LogP contribution is 2.28. The molecule has 6 heteroatoms. The normalized spacial score (nSPS) is 10.8. The van der Waals surface area contributed by atoms with Crippen molar-refractivity contribution in [1.82, 2.24) is 15.0 Å². The molecule has 6 nitrogen and oxygen atoms in total. The minimum atomic E-state index is -0.187. The molecule has 26 heavy (non-hydrogen) atoms. The van der Waals surface area contributed by atoms with E-state index in [1.54, 1.807) is 13.2 Å². The maximum atomic E-state index is 12.6. The van der Waals surface area contributed by atoms with Crippen LogP contribution < -0.4 is 9.47 Å². The zero-order chi connectivity index (χ0) is 18.4. The first-order chi connectivity index (χ1) is 12.7. The third-order valence-corrected chi connectivity index (χ3v) is 3.72. The van der Waals surface area contributed by atoms with Crippen LogP contribution in [0.15, 0.2) is 60.8 Å². The van der Waals surface area contributed by atoms with Crippen LogP contribution in [-0.2, 0) is 0 Å². The van der Waals surface area contributed by atoms with Crippen LogP contribution in [0.3, 0.4) is 0 Å². The van der Waals surface area contributed by atoms with Gasteiger partial charge >= 0.3 is 0 Å². The van der Waals surface area contributed by atoms with Crippen LogP contribution in [0.1, 0.15) is 23.0 Å². The van der Waals surface area contributed by atoms with Gasteiger partial charge in [-0.3, -0.25) is 4.79 Å². The van der Waals surface area contributed by atoms with Gasteiger partial charge in [-0.15, -0.1) is 5.10 Å². The van der Waals surface area contributed by atoms with Crippen LogP contribution in [0, 0.1) is 0 Å². The summed E-state index contributed by atoms with van der Waals surface area (Å²) in [5, 5.41) is 7.86. The molecule has 0 amide bonds. The molecule has 1 aromatic heterocycles. The molecular formula is C20H19N3O3. The van der Waals surface area contributed by atoms with E-state index in [-0.39, 0.29) is 5.78 Å². The summed E-state index contributed by atoms with van der Waals surface area (Å²) in [5.41, 5.74) is 2.01. The predicted molar refractivity (Wildman–Crippen MR) is 98.9 cm³/mol. The molecule has 0 saturated heterocycles. The molecule has 1 heterocycles. The van der Waals surface area contributed by atoms with Crippen LogP contribution in [0.4, 0.5) is 0 Å². The van der Waals surface area contributed by atoms with E-state index in [0.717, 1.165) is 11.3 Å². The van der Waals surface area contributed by atoms with Crippen LogP contribution in [0.5, 0.6) is 11.5 Å². The summed E-state index contributed by atoms with van der Waals surface area (Å²) in [4.78, 5) is 12.6. The summed E-state index contributed by atoms with van der Waals surface area (Å²) >= 11 is 0. The van der Waals surface area contributed by atoms with Crippen LogP contribution in [0.25, 0.3) is 11.8 Å². The van der Waals surface area contributed by atoms with Gasteiger partial charge < -0.3 is 9.47 Å². The number of allylic oxidation sites excluding steroid dienone is 1. The van der Waals surface area contributed by atoms with E-state index in [9.17, 15) is 4.79 Å². The Balaban J connectivity index is 1.83. The lowest BCUT2D eigenvalue weighted by Gasteiger charge is -2.09. The van der Waals surface area contributed by atoms with Gasteiger partial charge in [-0.1, -0.05) is 35.6 Å². The Morgan fingerprint density at radius 1 is 1.15 bits per heavy atom. The average molecular weight is 349 g/mol. The molecule has 2 aromatic carbocycles. The van der Waals surface area contributed by atoms with Gasteiger partial charge in [0, 0.05) is 0 Å². The van der Waals surface area contributed by atoms with E-state index < -0.39 is 0 Å². The van der Waals surface area contributed by atoms with Crippen LogP contribution >= 0.6 is 0 Å². The second-order valence-corrected chi connectivity index (χ2v) is 5.41. The van der Waals surface area contributed by atoms with Gasteiger partial charge in [-0.05, 0) is 42.8 Å². The van der Waals surface area contributed by atoms with Gasteiger partial charge in [-0.25, -0.2) is 4.68 Å². The van der Waals surface area contributed by atoms with Crippen LogP contribution in [-0.4, -0.2) is 34.5 Å². The van der Waals surface area contributed by atoms with Crippen molar-refractivity contribution in [3.63, 3.8) is 0 Å². The van der Waals surface area contributed by atoms with Crippen molar-refractivity contribution < 1.29 is 14.3 Å². The molecule has 0 saturated carbocycles. The standard InChI is InChI=1S/C20H19N3O3/c1-3-26-20-13-15(10-12-19(20)25-2)9-11-18(24)17-14-21-22-23(17)16-7-5-4-6-8-16/h4-14H,3H2,1-2H3. The van der Waals surface area contributed by atoms with Crippen molar-refractivity contribution in [3.05, 3.63) is 72.1 Å². The number of aromatic nitrogens is 3. The van der Waals surface area contributed by atoms with Crippen molar-refractivity contribution in [2.24, 2.45) is 0 Å². The Bertz CT molecular complexity index is 917. The highest BCUT2D eigenvalue weighted by molar-refractivity contribution is 6.05. The predicted octanol–water partition coefficient (Wildman–Crippen LogP) is 3.57. The number of carbonyl (C=O) groups is 1. The van der Waals surface area contributed by atoms with Crippen LogP contribution in [0.2, 0.25) is 0 Å². The summed E-state index contributed by atoms with van der Waals surface area (Å²) in [6.07, 6.45) is 4.68. The van der Waals surface area contributed by atoms with Crippen molar-refractivity contribution >= 4 is 11.9 Å². The second-order valence-electron chi connectivity index (χ2n) is 5.41. The van der Waals surface area contributed by atoms with Gasteiger partial charge in [-0.2, -0.15) is 0 Å². The minimum Gasteiger partial charge on any atom is -0.493 e. The van der Waals surface area contributed by atoms with Gasteiger partial charge in [0.25, 0.3) is 0 Å². The molecule has 0 atom stereocenters. The number of benzene rings is 2. The lowest BCUT2D eigenvalue weighted by atomic mass is 10.1. The van der Waals surface area contributed by atoms with Crippen molar-refractivity contribution in [1.29, 1.82) is 0 Å². The van der Waals surface area contributed by atoms with Gasteiger partial charge in [0.05, 0.1) is 25.6 Å². The number of hydrogen-bond acceptors (Lipinski definition) is 5. The first-order valence-corrected chi connectivity index (χ1v) is 8.22. The molecule has 3 rings (SSSR count). The maximum absolute atomic E-state index is 12.6. The number of ether oxygens (including phenoxy) is 2. The SMILES string of the molecule is CCOc1cc(C=CC(=O)c2cnnn2-c2ccccc2)ccc1OC. The van der Waals surface area contributed by atoms with Crippen molar-refractivity contribution in [2.75, 3.05) is 13.7 Å². The molecule has 0 spiro atoms. The highest BCUT2D eigenvalue weighted by atomic mass is 16.5. The fraction of sp³-hybridized carbons (Fsp3) is 0.150. The zero-order valence-corrected chi connectivity index (χ0v) is 14.6. The summed E-state index contributed by atoms with van der Waals surface area (Å²) in [6, 6.07) is 14.9. The fourth-order valence-electron chi connectivity index (χ4n) is 2.49. The van der Waals surface area contributed by atoms with Crippen molar-refractivity contribution in [2.45, 2.75) is 6.92 Å². The molecule has 0 aliphatic heterocycles. The Morgan fingerprint density at radius 2 is 1.96 bits per heavy atom. The first kappa shape index (κ1) is 17.4. The van der Waals surface area contributed by atoms with Gasteiger partial charge in [0.2, 0.25) is 5.78 Å². The highest BCUT2D eigenvalue weighted by Gasteiger charge is 2.12. The summed E-state index contributed by atoms with van der Waals surface area (Å²) in [5.74, 6) is 1.11. The van der Waals surface area contributed by atoms with Gasteiger partial charge in [0.1, 0.15) is 5.69 Å². The Morgan fingerprint density at radius 3 is 2.69 bits per heavy atom.